The minimum atomic E-state index is -1.83. The molecule has 80 valence electrons. The fourth-order valence-corrected chi connectivity index (χ4v) is 2.53. The first-order valence-corrected chi connectivity index (χ1v) is 7.24. The fourth-order valence-electron chi connectivity index (χ4n) is 1.02. The van der Waals surface area contributed by atoms with Crippen LogP contribution in [0, 0.1) is 0 Å². The van der Waals surface area contributed by atoms with Crippen LogP contribution in [0.4, 0.5) is 0 Å². The van der Waals surface area contributed by atoms with E-state index in [0.29, 0.717) is 6.04 Å². The van der Waals surface area contributed by atoms with Crippen molar-refractivity contribution in [2.45, 2.75) is 32.0 Å². The van der Waals surface area contributed by atoms with Crippen molar-refractivity contribution in [1.29, 1.82) is 0 Å². The SMILES string of the molecule is CO[Si](C)(CCC(C)N(C)C)OC. The van der Waals surface area contributed by atoms with Crippen LogP contribution in [-0.4, -0.2) is 47.8 Å². The molecule has 0 aliphatic rings. The Balaban J connectivity index is 3.85. The molecule has 0 aromatic heterocycles. The van der Waals surface area contributed by atoms with Crippen molar-refractivity contribution in [3.63, 3.8) is 0 Å². The van der Waals surface area contributed by atoms with Gasteiger partial charge in [-0.2, -0.15) is 0 Å². The first-order valence-electron chi connectivity index (χ1n) is 4.72. The Bertz CT molecular complexity index is 138. The summed E-state index contributed by atoms with van der Waals surface area (Å²) in [6.07, 6.45) is 1.14. The van der Waals surface area contributed by atoms with E-state index in [1.807, 2.05) is 0 Å². The Kier molecular flexibility index (Phi) is 5.79. The summed E-state index contributed by atoms with van der Waals surface area (Å²) in [6, 6.07) is 1.65. The van der Waals surface area contributed by atoms with Crippen LogP contribution in [0.2, 0.25) is 12.6 Å². The monoisotopic (exact) mass is 205 g/mol. The highest BCUT2D eigenvalue weighted by Crippen LogP contribution is 2.16. The molecular weight excluding hydrogens is 182 g/mol. The average molecular weight is 205 g/mol. The number of rotatable bonds is 6. The molecule has 0 amide bonds. The minimum Gasteiger partial charge on any atom is -0.398 e. The van der Waals surface area contributed by atoms with E-state index in [2.05, 4.69) is 32.5 Å². The predicted molar refractivity (Wildman–Crippen MR) is 58.2 cm³/mol. The summed E-state index contributed by atoms with van der Waals surface area (Å²) in [7, 11) is 5.86. The second kappa shape index (κ2) is 5.75. The van der Waals surface area contributed by atoms with E-state index in [0.717, 1.165) is 12.5 Å². The Labute approximate surface area is 83.3 Å². The molecule has 0 heterocycles. The normalized spacial score (nSPS) is 15.0. The Morgan fingerprint density at radius 1 is 1.23 bits per heavy atom. The molecule has 0 aliphatic carbocycles. The smallest absolute Gasteiger partial charge is 0.334 e. The zero-order chi connectivity index (χ0) is 10.5. The summed E-state index contributed by atoms with van der Waals surface area (Å²) < 4.78 is 10.8. The van der Waals surface area contributed by atoms with Gasteiger partial charge in [-0.25, -0.2) is 0 Å². The lowest BCUT2D eigenvalue weighted by atomic mass is 10.2. The van der Waals surface area contributed by atoms with Crippen molar-refractivity contribution in [2.24, 2.45) is 0 Å². The van der Waals surface area contributed by atoms with Crippen molar-refractivity contribution in [2.75, 3.05) is 28.3 Å². The Morgan fingerprint density at radius 3 is 2.00 bits per heavy atom. The molecule has 4 heteroatoms. The minimum absolute atomic E-state index is 0.595. The van der Waals surface area contributed by atoms with Gasteiger partial charge in [0.1, 0.15) is 0 Å². The van der Waals surface area contributed by atoms with Gasteiger partial charge >= 0.3 is 8.56 Å². The molecule has 0 aromatic rings. The van der Waals surface area contributed by atoms with Crippen molar-refractivity contribution >= 4 is 8.56 Å². The van der Waals surface area contributed by atoms with Gasteiger partial charge in [-0.1, -0.05) is 0 Å². The maximum atomic E-state index is 5.42. The second-order valence-corrected chi connectivity index (χ2v) is 7.48. The van der Waals surface area contributed by atoms with Gasteiger partial charge < -0.3 is 13.8 Å². The standard InChI is InChI=1S/C9H23NO2Si/c1-9(10(2)3)7-8-13(6,11-4)12-5/h9H,7-8H2,1-6H3. The molecule has 0 saturated carbocycles. The third-order valence-corrected chi connectivity index (χ3v) is 5.69. The van der Waals surface area contributed by atoms with Crippen LogP contribution in [-0.2, 0) is 8.85 Å². The summed E-state index contributed by atoms with van der Waals surface area (Å²) in [5.41, 5.74) is 0. The van der Waals surface area contributed by atoms with E-state index in [-0.39, 0.29) is 0 Å². The molecule has 0 spiro atoms. The maximum absolute atomic E-state index is 5.42. The third kappa shape index (κ3) is 4.76. The molecular formula is C9H23NO2Si. The first kappa shape index (κ1) is 13.1. The molecule has 0 rings (SSSR count). The second-order valence-electron chi connectivity index (χ2n) is 3.89. The molecule has 0 saturated heterocycles. The maximum Gasteiger partial charge on any atom is 0.334 e. The highest BCUT2D eigenvalue weighted by Gasteiger charge is 2.28. The van der Waals surface area contributed by atoms with Crippen LogP contribution in [0.15, 0.2) is 0 Å². The van der Waals surface area contributed by atoms with E-state index in [9.17, 15) is 0 Å². The molecule has 0 fully saturated rings. The lowest BCUT2D eigenvalue weighted by molar-refractivity contribution is 0.238. The molecule has 0 bridgehead atoms. The van der Waals surface area contributed by atoms with Crippen LogP contribution >= 0.6 is 0 Å². The Morgan fingerprint density at radius 2 is 1.69 bits per heavy atom. The molecule has 13 heavy (non-hydrogen) atoms. The van der Waals surface area contributed by atoms with E-state index in [4.69, 9.17) is 8.85 Å². The summed E-state index contributed by atoms with van der Waals surface area (Å²) in [6.45, 7) is 4.33. The van der Waals surface area contributed by atoms with Gasteiger partial charge in [0.2, 0.25) is 0 Å². The molecule has 0 N–H and O–H groups in total. The van der Waals surface area contributed by atoms with E-state index < -0.39 is 8.56 Å². The van der Waals surface area contributed by atoms with Crippen molar-refractivity contribution < 1.29 is 8.85 Å². The topological polar surface area (TPSA) is 21.7 Å². The fraction of sp³-hybridized carbons (Fsp3) is 1.00. The van der Waals surface area contributed by atoms with E-state index in [1.54, 1.807) is 14.2 Å². The average Bonchev–Trinajstić information content (AvgIpc) is 2.13. The number of hydrogen-bond donors (Lipinski definition) is 0. The summed E-state index contributed by atoms with van der Waals surface area (Å²) in [4.78, 5) is 2.22. The van der Waals surface area contributed by atoms with Crippen LogP contribution in [0.5, 0.6) is 0 Å². The summed E-state index contributed by atoms with van der Waals surface area (Å²) in [5, 5.41) is 0. The number of nitrogens with zero attached hydrogens (tertiary/aromatic N) is 1. The molecule has 1 unspecified atom stereocenters. The molecule has 0 radical (unpaired) electrons. The highest BCUT2D eigenvalue weighted by molar-refractivity contribution is 6.65. The quantitative estimate of drug-likeness (QED) is 0.616. The molecule has 0 aliphatic heterocycles. The van der Waals surface area contributed by atoms with Crippen LogP contribution in [0.25, 0.3) is 0 Å². The van der Waals surface area contributed by atoms with Gasteiger partial charge in [0.15, 0.2) is 0 Å². The van der Waals surface area contributed by atoms with Crippen molar-refractivity contribution in [3.05, 3.63) is 0 Å². The van der Waals surface area contributed by atoms with E-state index in [1.165, 1.54) is 0 Å². The molecule has 0 aromatic carbocycles. The highest BCUT2D eigenvalue weighted by atomic mass is 28.4. The first-order chi connectivity index (χ1) is 5.95. The lowest BCUT2D eigenvalue weighted by Crippen LogP contribution is -2.38. The van der Waals surface area contributed by atoms with Crippen LogP contribution in [0.1, 0.15) is 13.3 Å². The zero-order valence-electron chi connectivity index (χ0n) is 9.76. The number of hydrogen-bond acceptors (Lipinski definition) is 3. The largest absolute Gasteiger partial charge is 0.398 e. The third-order valence-electron chi connectivity index (χ3n) is 2.76. The van der Waals surface area contributed by atoms with Gasteiger partial charge in [0.05, 0.1) is 0 Å². The van der Waals surface area contributed by atoms with Crippen molar-refractivity contribution in [1.82, 2.24) is 4.90 Å². The Hall–Kier alpha value is 0.0969. The van der Waals surface area contributed by atoms with Gasteiger partial charge in [-0.15, -0.1) is 0 Å². The summed E-state index contributed by atoms with van der Waals surface area (Å²) in [5.74, 6) is 0. The predicted octanol–water partition coefficient (Wildman–Crippen LogP) is 1.69. The van der Waals surface area contributed by atoms with Gasteiger partial charge in [-0.3, -0.25) is 0 Å². The van der Waals surface area contributed by atoms with Crippen molar-refractivity contribution in [3.8, 4) is 0 Å². The van der Waals surface area contributed by atoms with Crippen LogP contribution in [0.3, 0.4) is 0 Å². The van der Waals surface area contributed by atoms with Gasteiger partial charge in [0.25, 0.3) is 0 Å². The summed E-state index contributed by atoms with van der Waals surface area (Å²) >= 11 is 0. The molecule has 1 atom stereocenters. The van der Waals surface area contributed by atoms with Gasteiger partial charge in [0, 0.05) is 20.3 Å². The van der Waals surface area contributed by atoms with E-state index >= 15 is 0 Å². The van der Waals surface area contributed by atoms with Gasteiger partial charge in [-0.05, 0) is 40.0 Å². The van der Waals surface area contributed by atoms with Crippen LogP contribution < -0.4 is 0 Å². The zero-order valence-corrected chi connectivity index (χ0v) is 10.8. The molecule has 3 nitrogen and oxygen atoms in total. The lowest BCUT2D eigenvalue weighted by Gasteiger charge is -2.26.